The van der Waals surface area contributed by atoms with Crippen molar-refractivity contribution < 1.29 is 4.79 Å². The first kappa shape index (κ1) is 11.5. The van der Waals surface area contributed by atoms with Crippen molar-refractivity contribution >= 4 is 33.6 Å². The van der Waals surface area contributed by atoms with Crippen LogP contribution in [-0.4, -0.2) is 5.91 Å². The Balaban J connectivity index is 2.36. The number of nitrogens with one attached hydrogen (secondary N) is 1. The number of hydrogen-bond donors (Lipinski definition) is 3. The average molecular weight is 247 g/mol. The van der Waals surface area contributed by atoms with Crippen LogP contribution < -0.4 is 16.8 Å². The van der Waals surface area contributed by atoms with Crippen LogP contribution >= 0.6 is 11.3 Å². The van der Waals surface area contributed by atoms with E-state index in [4.69, 9.17) is 11.5 Å². The van der Waals surface area contributed by atoms with Crippen molar-refractivity contribution in [2.75, 3.05) is 11.1 Å². The molecule has 0 radical (unpaired) electrons. The molecule has 1 heterocycles. The minimum absolute atomic E-state index is 0.439. The van der Waals surface area contributed by atoms with Crippen molar-refractivity contribution in [3.63, 3.8) is 0 Å². The molecule has 88 valence electrons. The van der Waals surface area contributed by atoms with E-state index in [0.717, 1.165) is 15.6 Å². The molecule has 5 heteroatoms. The first-order valence-electron chi connectivity index (χ1n) is 5.09. The molecule has 17 heavy (non-hydrogen) atoms. The Morgan fingerprint density at radius 3 is 2.71 bits per heavy atom. The standard InChI is InChI=1S/C12H13N3OS/c1-7-6-8(11(14)16)12(17-7)15-10-5-3-2-4-9(10)13/h2-6,15H,13H2,1H3,(H2,14,16). The topological polar surface area (TPSA) is 81.1 Å². The third kappa shape index (κ3) is 2.39. The molecule has 0 atom stereocenters. The predicted octanol–water partition coefficient (Wildman–Crippen LogP) is 2.48. The molecule has 1 amide bonds. The fourth-order valence-electron chi connectivity index (χ4n) is 1.52. The van der Waals surface area contributed by atoms with Gasteiger partial charge in [-0.2, -0.15) is 0 Å². The van der Waals surface area contributed by atoms with Gasteiger partial charge in [0.1, 0.15) is 5.00 Å². The number of aryl methyl sites for hydroxylation is 1. The van der Waals surface area contributed by atoms with Crippen LogP contribution in [0.15, 0.2) is 30.3 Å². The zero-order valence-corrected chi connectivity index (χ0v) is 10.2. The summed E-state index contributed by atoms with van der Waals surface area (Å²) in [6.07, 6.45) is 0. The van der Waals surface area contributed by atoms with Gasteiger partial charge in [-0.15, -0.1) is 11.3 Å². The van der Waals surface area contributed by atoms with Crippen molar-refractivity contribution in [1.82, 2.24) is 0 Å². The van der Waals surface area contributed by atoms with Crippen molar-refractivity contribution in [3.05, 3.63) is 40.8 Å². The highest BCUT2D eigenvalue weighted by atomic mass is 32.1. The van der Waals surface area contributed by atoms with Crippen LogP contribution in [0.25, 0.3) is 0 Å². The van der Waals surface area contributed by atoms with Crippen molar-refractivity contribution in [2.45, 2.75) is 6.92 Å². The van der Waals surface area contributed by atoms with Gasteiger partial charge in [-0.1, -0.05) is 12.1 Å². The van der Waals surface area contributed by atoms with Crippen molar-refractivity contribution in [1.29, 1.82) is 0 Å². The molecule has 0 aliphatic carbocycles. The lowest BCUT2D eigenvalue weighted by molar-refractivity contribution is 0.100. The van der Waals surface area contributed by atoms with Crippen LogP contribution in [0.4, 0.5) is 16.4 Å². The number of hydrogen-bond acceptors (Lipinski definition) is 4. The number of benzene rings is 1. The monoisotopic (exact) mass is 247 g/mol. The van der Waals surface area contributed by atoms with E-state index >= 15 is 0 Å². The summed E-state index contributed by atoms with van der Waals surface area (Å²) in [5, 5.41) is 3.87. The number of primary amides is 1. The lowest BCUT2D eigenvalue weighted by Crippen LogP contribution is -2.11. The van der Waals surface area contributed by atoms with Crippen molar-refractivity contribution in [3.8, 4) is 0 Å². The van der Waals surface area contributed by atoms with E-state index in [-0.39, 0.29) is 0 Å². The number of carbonyl (C=O) groups is 1. The quantitative estimate of drug-likeness (QED) is 0.729. The fourth-order valence-corrected chi connectivity index (χ4v) is 2.45. The van der Waals surface area contributed by atoms with E-state index in [1.807, 2.05) is 25.1 Å². The summed E-state index contributed by atoms with van der Waals surface area (Å²) in [5.41, 5.74) is 13.0. The number of anilines is 3. The van der Waals surface area contributed by atoms with Gasteiger partial charge in [0.2, 0.25) is 0 Å². The third-order valence-corrected chi connectivity index (χ3v) is 3.30. The normalized spacial score (nSPS) is 10.2. The highest BCUT2D eigenvalue weighted by Gasteiger charge is 2.12. The van der Waals surface area contributed by atoms with Gasteiger partial charge in [0.25, 0.3) is 5.91 Å². The SMILES string of the molecule is Cc1cc(C(N)=O)c(Nc2ccccc2N)s1. The molecule has 1 aromatic carbocycles. The van der Waals surface area contributed by atoms with Crippen LogP contribution in [0, 0.1) is 6.92 Å². The van der Waals surface area contributed by atoms with E-state index in [1.54, 1.807) is 12.1 Å². The second-order valence-electron chi connectivity index (χ2n) is 3.68. The number of amides is 1. The van der Waals surface area contributed by atoms with Crippen LogP contribution in [0.1, 0.15) is 15.2 Å². The van der Waals surface area contributed by atoms with Gasteiger partial charge >= 0.3 is 0 Å². The molecule has 2 aromatic rings. The number of rotatable bonds is 3. The van der Waals surface area contributed by atoms with Gasteiger partial charge < -0.3 is 16.8 Å². The molecular formula is C12H13N3OS. The molecular weight excluding hydrogens is 234 g/mol. The predicted molar refractivity (Wildman–Crippen MR) is 71.7 cm³/mol. The molecule has 0 bridgehead atoms. The first-order chi connectivity index (χ1) is 8.08. The van der Waals surface area contributed by atoms with Gasteiger partial charge in [0.05, 0.1) is 16.9 Å². The van der Waals surface area contributed by atoms with E-state index in [1.165, 1.54) is 11.3 Å². The maximum Gasteiger partial charge on any atom is 0.251 e. The molecule has 5 N–H and O–H groups in total. The number of carbonyl (C=O) groups excluding carboxylic acids is 1. The number of para-hydroxylation sites is 2. The molecule has 2 rings (SSSR count). The Bertz CT molecular complexity index is 563. The fraction of sp³-hybridized carbons (Fsp3) is 0.0833. The van der Waals surface area contributed by atoms with Crippen LogP contribution in [-0.2, 0) is 0 Å². The largest absolute Gasteiger partial charge is 0.397 e. The molecule has 1 aromatic heterocycles. The van der Waals surface area contributed by atoms with Crippen LogP contribution in [0.2, 0.25) is 0 Å². The number of nitrogen functional groups attached to an aromatic ring is 1. The maximum atomic E-state index is 11.3. The minimum Gasteiger partial charge on any atom is -0.397 e. The van der Waals surface area contributed by atoms with E-state index in [0.29, 0.717) is 11.3 Å². The smallest absolute Gasteiger partial charge is 0.251 e. The summed E-state index contributed by atoms with van der Waals surface area (Å²) in [6.45, 7) is 1.93. The minimum atomic E-state index is -0.439. The van der Waals surface area contributed by atoms with Gasteiger partial charge in [0, 0.05) is 4.88 Å². The maximum absolute atomic E-state index is 11.3. The molecule has 0 aliphatic heterocycles. The zero-order valence-electron chi connectivity index (χ0n) is 9.36. The summed E-state index contributed by atoms with van der Waals surface area (Å²) in [6, 6.07) is 9.16. The molecule has 0 aliphatic rings. The van der Waals surface area contributed by atoms with E-state index in [2.05, 4.69) is 5.32 Å². The summed E-state index contributed by atoms with van der Waals surface area (Å²) in [7, 11) is 0. The highest BCUT2D eigenvalue weighted by molar-refractivity contribution is 7.16. The highest BCUT2D eigenvalue weighted by Crippen LogP contribution is 2.31. The second-order valence-corrected chi connectivity index (χ2v) is 4.93. The molecule has 0 unspecified atom stereocenters. The van der Waals surface area contributed by atoms with Gasteiger partial charge in [-0.3, -0.25) is 4.79 Å². The summed E-state index contributed by atoms with van der Waals surface area (Å²) in [4.78, 5) is 12.3. The van der Waals surface area contributed by atoms with Crippen LogP contribution in [0.5, 0.6) is 0 Å². The van der Waals surface area contributed by atoms with E-state index < -0.39 is 5.91 Å². The molecule has 0 saturated heterocycles. The number of thiophene rings is 1. The molecule has 0 spiro atoms. The average Bonchev–Trinajstić information content (AvgIpc) is 2.63. The zero-order chi connectivity index (χ0) is 12.4. The van der Waals surface area contributed by atoms with E-state index in [9.17, 15) is 4.79 Å². The van der Waals surface area contributed by atoms with Crippen molar-refractivity contribution in [2.24, 2.45) is 5.73 Å². The molecule has 0 fully saturated rings. The third-order valence-electron chi connectivity index (χ3n) is 2.33. The Morgan fingerprint density at radius 2 is 2.06 bits per heavy atom. The van der Waals surface area contributed by atoms with Crippen LogP contribution in [0.3, 0.4) is 0 Å². The Kier molecular flexibility index (Phi) is 3.01. The summed E-state index contributed by atoms with van der Waals surface area (Å²) >= 11 is 1.48. The van der Waals surface area contributed by atoms with Gasteiger partial charge in [-0.05, 0) is 25.1 Å². The Labute approximate surface area is 103 Å². The first-order valence-corrected chi connectivity index (χ1v) is 5.91. The second kappa shape index (κ2) is 4.47. The Hall–Kier alpha value is -2.01. The lowest BCUT2D eigenvalue weighted by atomic mass is 10.2. The number of nitrogens with two attached hydrogens (primary N) is 2. The van der Waals surface area contributed by atoms with Gasteiger partial charge in [-0.25, -0.2) is 0 Å². The molecule has 0 saturated carbocycles. The van der Waals surface area contributed by atoms with Gasteiger partial charge in [0.15, 0.2) is 0 Å². The summed E-state index contributed by atoms with van der Waals surface area (Å²) in [5.74, 6) is -0.439. The molecule has 4 nitrogen and oxygen atoms in total. The Morgan fingerprint density at radius 1 is 1.35 bits per heavy atom. The summed E-state index contributed by atoms with van der Waals surface area (Å²) < 4.78 is 0. The lowest BCUT2D eigenvalue weighted by Gasteiger charge is -2.08.